The van der Waals surface area contributed by atoms with Crippen molar-refractivity contribution in [2.45, 2.75) is 56.7 Å². The van der Waals surface area contributed by atoms with E-state index in [1.165, 1.54) is 25.7 Å². The predicted molar refractivity (Wildman–Crippen MR) is 66.1 cm³/mol. The fraction of sp³-hybridized carbons (Fsp3) is 0.909. The van der Waals surface area contributed by atoms with Gasteiger partial charge in [-0.3, -0.25) is 4.99 Å². The number of amidine groups is 1. The minimum atomic E-state index is 0.518. The summed E-state index contributed by atoms with van der Waals surface area (Å²) in [4.78, 5) is 4.58. The lowest BCUT2D eigenvalue weighted by Crippen LogP contribution is -2.22. The van der Waals surface area contributed by atoms with E-state index in [-0.39, 0.29) is 0 Å². The molecule has 0 amide bonds. The lowest BCUT2D eigenvalue weighted by Gasteiger charge is -2.25. The first-order chi connectivity index (χ1) is 6.76. The maximum atomic E-state index is 5.83. The molecule has 0 radical (unpaired) electrons. The van der Waals surface area contributed by atoms with Crippen molar-refractivity contribution in [1.29, 1.82) is 0 Å². The van der Waals surface area contributed by atoms with Crippen LogP contribution in [-0.2, 0) is 0 Å². The third-order valence-corrected chi connectivity index (χ3v) is 3.97. The Morgan fingerprint density at radius 1 is 1.36 bits per heavy atom. The quantitative estimate of drug-likeness (QED) is 0.577. The molecular weight excluding hydrogens is 192 g/mol. The molecule has 0 aromatic heterocycles. The van der Waals surface area contributed by atoms with Gasteiger partial charge >= 0.3 is 0 Å². The van der Waals surface area contributed by atoms with Gasteiger partial charge in [0, 0.05) is 11.7 Å². The van der Waals surface area contributed by atoms with Gasteiger partial charge in [-0.1, -0.05) is 6.92 Å². The molecule has 1 rings (SSSR count). The van der Waals surface area contributed by atoms with Crippen LogP contribution in [0, 0.1) is 0 Å². The van der Waals surface area contributed by atoms with Gasteiger partial charge in [0.1, 0.15) is 0 Å². The van der Waals surface area contributed by atoms with Crippen molar-refractivity contribution in [2.75, 3.05) is 6.26 Å². The molecular formula is C11H22N2S. The minimum absolute atomic E-state index is 0.518. The molecule has 0 saturated heterocycles. The van der Waals surface area contributed by atoms with E-state index in [9.17, 15) is 0 Å². The Hall–Kier alpha value is -0.180. The normalized spacial score (nSPS) is 29.1. The highest BCUT2D eigenvalue weighted by molar-refractivity contribution is 7.99. The van der Waals surface area contributed by atoms with Crippen molar-refractivity contribution in [3.63, 3.8) is 0 Å². The zero-order chi connectivity index (χ0) is 10.4. The zero-order valence-corrected chi connectivity index (χ0v) is 10.1. The molecule has 0 unspecified atom stereocenters. The lowest BCUT2D eigenvalue weighted by molar-refractivity contribution is 0.452. The van der Waals surface area contributed by atoms with Crippen molar-refractivity contribution in [3.8, 4) is 0 Å². The van der Waals surface area contributed by atoms with E-state index in [0.29, 0.717) is 6.04 Å². The largest absolute Gasteiger partial charge is 0.387 e. The van der Waals surface area contributed by atoms with Crippen molar-refractivity contribution < 1.29 is 0 Å². The molecule has 14 heavy (non-hydrogen) atoms. The monoisotopic (exact) mass is 214 g/mol. The lowest BCUT2D eigenvalue weighted by atomic mass is 9.95. The molecule has 2 N–H and O–H groups in total. The van der Waals surface area contributed by atoms with Crippen LogP contribution in [-0.4, -0.2) is 23.4 Å². The third-order valence-electron chi connectivity index (χ3n) is 2.83. The summed E-state index contributed by atoms with van der Waals surface area (Å²) in [5, 5.41) is 0.869. The Balaban J connectivity index is 2.31. The molecule has 1 aliphatic rings. The molecule has 1 saturated carbocycles. The molecule has 0 spiro atoms. The minimum Gasteiger partial charge on any atom is -0.387 e. The standard InChI is InChI=1S/C11H22N2S/c1-3-4-11(12)13-9-5-7-10(14-2)8-6-9/h9-10H,3-8H2,1-2H3,(H2,12,13). The highest BCUT2D eigenvalue weighted by Gasteiger charge is 2.19. The summed E-state index contributed by atoms with van der Waals surface area (Å²) in [5.74, 6) is 0.861. The molecule has 0 aliphatic heterocycles. The second-order valence-electron chi connectivity index (χ2n) is 4.04. The fourth-order valence-corrected chi connectivity index (χ4v) is 2.71. The van der Waals surface area contributed by atoms with Crippen LogP contribution in [0.25, 0.3) is 0 Å². The van der Waals surface area contributed by atoms with Crippen molar-refractivity contribution in [3.05, 3.63) is 0 Å². The van der Waals surface area contributed by atoms with Crippen LogP contribution >= 0.6 is 11.8 Å². The summed E-state index contributed by atoms with van der Waals surface area (Å²) in [6.45, 7) is 2.15. The molecule has 3 heteroatoms. The Morgan fingerprint density at radius 2 is 2.00 bits per heavy atom. The summed E-state index contributed by atoms with van der Waals surface area (Å²) < 4.78 is 0. The van der Waals surface area contributed by atoms with Crippen LogP contribution in [0.15, 0.2) is 4.99 Å². The summed E-state index contributed by atoms with van der Waals surface area (Å²) >= 11 is 2.00. The number of thioether (sulfide) groups is 1. The van der Waals surface area contributed by atoms with Crippen LogP contribution < -0.4 is 5.73 Å². The number of aliphatic imine (C=N–C) groups is 1. The van der Waals surface area contributed by atoms with E-state index in [1.54, 1.807) is 0 Å². The highest BCUT2D eigenvalue weighted by atomic mass is 32.2. The Morgan fingerprint density at radius 3 is 2.50 bits per heavy atom. The first-order valence-corrected chi connectivity index (χ1v) is 6.90. The van der Waals surface area contributed by atoms with E-state index in [2.05, 4.69) is 18.2 Å². The second-order valence-corrected chi connectivity index (χ2v) is 5.17. The molecule has 0 aromatic rings. The van der Waals surface area contributed by atoms with Crippen LogP contribution in [0.4, 0.5) is 0 Å². The van der Waals surface area contributed by atoms with Crippen molar-refractivity contribution in [2.24, 2.45) is 10.7 Å². The van der Waals surface area contributed by atoms with Crippen LogP contribution in [0.2, 0.25) is 0 Å². The number of nitrogens with two attached hydrogens (primary N) is 1. The fourth-order valence-electron chi connectivity index (χ4n) is 1.97. The topological polar surface area (TPSA) is 38.4 Å². The molecule has 1 aliphatic carbocycles. The van der Waals surface area contributed by atoms with E-state index < -0.39 is 0 Å². The summed E-state index contributed by atoms with van der Waals surface area (Å²) in [6, 6.07) is 0.518. The summed E-state index contributed by atoms with van der Waals surface area (Å²) in [6.07, 6.45) is 9.37. The first-order valence-electron chi connectivity index (χ1n) is 5.61. The van der Waals surface area contributed by atoms with Crippen LogP contribution in [0.3, 0.4) is 0 Å². The van der Waals surface area contributed by atoms with E-state index in [1.807, 2.05) is 11.8 Å². The predicted octanol–water partition coefficient (Wildman–Crippen LogP) is 2.82. The Kier molecular flexibility index (Phi) is 5.38. The Bertz CT molecular complexity index is 184. The van der Waals surface area contributed by atoms with Crippen LogP contribution in [0.5, 0.6) is 0 Å². The molecule has 1 fully saturated rings. The zero-order valence-electron chi connectivity index (χ0n) is 9.33. The molecule has 2 nitrogen and oxygen atoms in total. The smallest absolute Gasteiger partial charge is 0.0940 e. The van der Waals surface area contributed by atoms with Gasteiger partial charge in [-0.25, -0.2) is 0 Å². The average Bonchev–Trinajstić information content (AvgIpc) is 2.19. The maximum Gasteiger partial charge on any atom is 0.0940 e. The van der Waals surface area contributed by atoms with Gasteiger partial charge in [0.15, 0.2) is 0 Å². The Labute approximate surface area is 91.7 Å². The number of hydrogen-bond acceptors (Lipinski definition) is 2. The van der Waals surface area contributed by atoms with Gasteiger partial charge in [-0.15, -0.1) is 0 Å². The maximum absolute atomic E-state index is 5.83. The van der Waals surface area contributed by atoms with Gasteiger partial charge in [-0.2, -0.15) is 11.8 Å². The molecule has 0 atom stereocenters. The third kappa shape index (κ3) is 3.91. The molecule has 0 heterocycles. The molecule has 0 aromatic carbocycles. The summed E-state index contributed by atoms with van der Waals surface area (Å²) in [7, 11) is 0. The number of nitrogens with zero attached hydrogens (tertiary/aromatic N) is 1. The molecule has 82 valence electrons. The van der Waals surface area contributed by atoms with Gasteiger partial charge < -0.3 is 5.73 Å². The van der Waals surface area contributed by atoms with E-state index in [0.717, 1.165) is 23.9 Å². The van der Waals surface area contributed by atoms with E-state index in [4.69, 9.17) is 5.73 Å². The number of hydrogen-bond donors (Lipinski definition) is 1. The first kappa shape index (κ1) is 11.9. The molecule has 0 bridgehead atoms. The second kappa shape index (κ2) is 6.33. The van der Waals surface area contributed by atoms with Gasteiger partial charge in [0.05, 0.1) is 11.9 Å². The van der Waals surface area contributed by atoms with E-state index >= 15 is 0 Å². The highest BCUT2D eigenvalue weighted by Crippen LogP contribution is 2.28. The van der Waals surface area contributed by atoms with Crippen LogP contribution in [0.1, 0.15) is 45.4 Å². The SMILES string of the molecule is CCCC(N)=NC1CCC(SC)CC1. The van der Waals surface area contributed by atoms with Gasteiger partial charge in [0.25, 0.3) is 0 Å². The summed E-state index contributed by atoms with van der Waals surface area (Å²) in [5.41, 5.74) is 5.83. The number of rotatable bonds is 4. The van der Waals surface area contributed by atoms with Gasteiger partial charge in [-0.05, 0) is 38.4 Å². The van der Waals surface area contributed by atoms with Crippen molar-refractivity contribution in [1.82, 2.24) is 0 Å². The van der Waals surface area contributed by atoms with Crippen molar-refractivity contribution >= 4 is 17.6 Å². The van der Waals surface area contributed by atoms with Gasteiger partial charge in [0.2, 0.25) is 0 Å². The average molecular weight is 214 g/mol.